The molecule has 0 bridgehead atoms. The van der Waals surface area contributed by atoms with Gasteiger partial charge in [0, 0.05) is 6.04 Å². The second-order valence-electron chi connectivity index (χ2n) is 4.23. The van der Waals surface area contributed by atoms with Crippen molar-refractivity contribution in [1.29, 1.82) is 0 Å². The van der Waals surface area contributed by atoms with Crippen molar-refractivity contribution in [3.63, 3.8) is 0 Å². The first-order valence-electron chi connectivity index (χ1n) is 6.24. The van der Waals surface area contributed by atoms with Crippen LogP contribution >= 0.6 is 0 Å². The Balaban J connectivity index is 2.55. The molecule has 0 amide bonds. The van der Waals surface area contributed by atoms with E-state index in [4.69, 9.17) is 5.11 Å². The van der Waals surface area contributed by atoms with Crippen molar-refractivity contribution in [3.8, 4) is 0 Å². The number of benzene rings is 1. The zero-order valence-electron chi connectivity index (χ0n) is 10.4. The number of hydrogen-bond acceptors (Lipinski definition) is 2. The topological polar surface area (TPSA) is 49.3 Å². The molecule has 0 radical (unpaired) electrons. The molecule has 2 N–H and O–H groups in total. The fourth-order valence-electron chi connectivity index (χ4n) is 1.88. The zero-order chi connectivity index (χ0) is 12.5. The van der Waals surface area contributed by atoms with Crippen LogP contribution in [-0.2, 0) is 4.79 Å². The number of carbonyl (C=O) groups is 1. The molecule has 0 aliphatic carbocycles. The van der Waals surface area contributed by atoms with E-state index in [0.717, 1.165) is 12.8 Å². The molecule has 94 valence electrons. The van der Waals surface area contributed by atoms with Gasteiger partial charge in [-0.1, -0.05) is 56.5 Å². The largest absolute Gasteiger partial charge is 0.480 e. The maximum absolute atomic E-state index is 10.6. The van der Waals surface area contributed by atoms with Crippen molar-refractivity contribution in [2.45, 2.75) is 38.6 Å². The van der Waals surface area contributed by atoms with Gasteiger partial charge in [0.25, 0.3) is 0 Å². The van der Waals surface area contributed by atoms with E-state index in [0.29, 0.717) is 0 Å². The van der Waals surface area contributed by atoms with Crippen LogP contribution in [0.1, 0.15) is 44.2 Å². The van der Waals surface area contributed by atoms with Crippen molar-refractivity contribution in [2.24, 2.45) is 0 Å². The summed E-state index contributed by atoms with van der Waals surface area (Å²) in [5, 5.41) is 11.8. The van der Waals surface area contributed by atoms with E-state index in [1.54, 1.807) is 0 Å². The Labute approximate surface area is 103 Å². The zero-order valence-corrected chi connectivity index (χ0v) is 10.4. The quantitative estimate of drug-likeness (QED) is 0.681. The number of carboxylic acids is 1. The number of unbranched alkanes of at least 4 members (excludes halogenated alkanes) is 2. The van der Waals surface area contributed by atoms with E-state index < -0.39 is 5.97 Å². The first kappa shape index (κ1) is 13.7. The number of carboxylic acid groups (broad SMARTS) is 1. The Morgan fingerprint density at radius 2 is 2.00 bits per heavy atom. The molecular weight excluding hydrogens is 214 g/mol. The highest BCUT2D eigenvalue weighted by Crippen LogP contribution is 2.19. The fraction of sp³-hybridized carbons (Fsp3) is 0.500. The summed E-state index contributed by atoms with van der Waals surface area (Å²) in [7, 11) is 0. The van der Waals surface area contributed by atoms with E-state index in [-0.39, 0.29) is 12.6 Å². The normalized spacial score (nSPS) is 12.3. The van der Waals surface area contributed by atoms with Crippen LogP contribution < -0.4 is 5.32 Å². The number of aliphatic carboxylic acids is 1. The predicted molar refractivity (Wildman–Crippen MR) is 69.0 cm³/mol. The van der Waals surface area contributed by atoms with Crippen LogP contribution in [0.25, 0.3) is 0 Å². The fourth-order valence-corrected chi connectivity index (χ4v) is 1.88. The Kier molecular flexibility index (Phi) is 6.33. The standard InChI is InChI=1S/C14H21NO2/c1-2-3-5-10-13(15-11-14(16)17)12-8-6-4-7-9-12/h4,6-9,13,15H,2-3,5,10-11H2,1H3,(H,16,17). The third-order valence-corrected chi connectivity index (χ3v) is 2.80. The van der Waals surface area contributed by atoms with Gasteiger partial charge in [-0.3, -0.25) is 4.79 Å². The highest BCUT2D eigenvalue weighted by Gasteiger charge is 2.11. The molecule has 0 aromatic heterocycles. The van der Waals surface area contributed by atoms with Gasteiger partial charge in [-0.05, 0) is 12.0 Å². The van der Waals surface area contributed by atoms with Crippen LogP contribution in [-0.4, -0.2) is 17.6 Å². The lowest BCUT2D eigenvalue weighted by Gasteiger charge is -2.18. The minimum Gasteiger partial charge on any atom is -0.480 e. The molecular formula is C14H21NO2. The van der Waals surface area contributed by atoms with Crippen LogP contribution in [0.5, 0.6) is 0 Å². The van der Waals surface area contributed by atoms with Crippen molar-refractivity contribution in [1.82, 2.24) is 5.32 Å². The average molecular weight is 235 g/mol. The number of nitrogens with one attached hydrogen (secondary N) is 1. The predicted octanol–water partition coefficient (Wildman–Crippen LogP) is 2.98. The lowest BCUT2D eigenvalue weighted by Crippen LogP contribution is -2.27. The maximum atomic E-state index is 10.6. The molecule has 1 atom stereocenters. The van der Waals surface area contributed by atoms with E-state index in [1.165, 1.54) is 18.4 Å². The van der Waals surface area contributed by atoms with Gasteiger partial charge < -0.3 is 10.4 Å². The molecule has 1 aromatic carbocycles. The Morgan fingerprint density at radius 1 is 1.29 bits per heavy atom. The van der Waals surface area contributed by atoms with E-state index >= 15 is 0 Å². The van der Waals surface area contributed by atoms with Crippen molar-refractivity contribution >= 4 is 5.97 Å². The van der Waals surface area contributed by atoms with Crippen LogP contribution in [0.4, 0.5) is 0 Å². The molecule has 0 heterocycles. The lowest BCUT2D eigenvalue weighted by molar-refractivity contribution is -0.136. The van der Waals surface area contributed by atoms with Crippen LogP contribution in [0.2, 0.25) is 0 Å². The van der Waals surface area contributed by atoms with Gasteiger partial charge in [-0.25, -0.2) is 0 Å². The Bertz CT molecular complexity index is 324. The monoisotopic (exact) mass is 235 g/mol. The van der Waals surface area contributed by atoms with Crippen LogP contribution in [0.15, 0.2) is 30.3 Å². The minimum absolute atomic E-state index is 0.0195. The summed E-state index contributed by atoms with van der Waals surface area (Å²) in [4.78, 5) is 10.6. The van der Waals surface area contributed by atoms with Crippen molar-refractivity contribution < 1.29 is 9.90 Å². The summed E-state index contributed by atoms with van der Waals surface area (Å²) < 4.78 is 0. The van der Waals surface area contributed by atoms with E-state index in [2.05, 4.69) is 12.2 Å². The van der Waals surface area contributed by atoms with Crippen molar-refractivity contribution in [2.75, 3.05) is 6.54 Å². The summed E-state index contributed by atoms with van der Waals surface area (Å²) >= 11 is 0. The second-order valence-corrected chi connectivity index (χ2v) is 4.23. The summed E-state index contributed by atoms with van der Waals surface area (Å²) in [6, 6.07) is 10.2. The third kappa shape index (κ3) is 5.50. The minimum atomic E-state index is -0.804. The van der Waals surface area contributed by atoms with Gasteiger partial charge in [0.15, 0.2) is 0 Å². The number of rotatable bonds is 8. The SMILES string of the molecule is CCCCCC(NCC(=O)O)c1ccccc1. The van der Waals surface area contributed by atoms with Gasteiger partial charge in [0.05, 0.1) is 6.54 Å². The van der Waals surface area contributed by atoms with Crippen LogP contribution in [0, 0.1) is 0 Å². The first-order chi connectivity index (χ1) is 8.24. The lowest BCUT2D eigenvalue weighted by atomic mass is 10.0. The summed E-state index contributed by atoms with van der Waals surface area (Å²) in [5.41, 5.74) is 1.17. The second kappa shape index (κ2) is 7.85. The molecule has 0 saturated heterocycles. The smallest absolute Gasteiger partial charge is 0.317 e. The highest BCUT2D eigenvalue weighted by molar-refractivity contribution is 5.69. The van der Waals surface area contributed by atoms with E-state index in [1.807, 2.05) is 30.3 Å². The molecule has 1 aromatic rings. The molecule has 0 aliphatic rings. The summed E-state index contributed by atoms with van der Waals surface area (Å²) in [5.74, 6) is -0.804. The highest BCUT2D eigenvalue weighted by atomic mass is 16.4. The van der Waals surface area contributed by atoms with Gasteiger partial charge in [0.2, 0.25) is 0 Å². The molecule has 3 heteroatoms. The molecule has 0 aliphatic heterocycles. The van der Waals surface area contributed by atoms with Gasteiger partial charge in [-0.2, -0.15) is 0 Å². The molecule has 0 fully saturated rings. The molecule has 3 nitrogen and oxygen atoms in total. The Hall–Kier alpha value is -1.35. The molecule has 1 rings (SSSR count). The summed E-state index contributed by atoms with van der Waals surface area (Å²) in [6.45, 7) is 2.19. The van der Waals surface area contributed by atoms with Crippen molar-refractivity contribution in [3.05, 3.63) is 35.9 Å². The molecule has 0 spiro atoms. The van der Waals surface area contributed by atoms with Crippen LogP contribution in [0.3, 0.4) is 0 Å². The molecule has 1 unspecified atom stereocenters. The summed E-state index contributed by atoms with van der Waals surface area (Å²) in [6.07, 6.45) is 4.49. The first-order valence-corrected chi connectivity index (χ1v) is 6.24. The average Bonchev–Trinajstić information content (AvgIpc) is 2.34. The third-order valence-electron chi connectivity index (χ3n) is 2.80. The number of hydrogen-bond donors (Lipinski definition) is 2. The molecule has 17 heavy (non-hydrogen) atoms. The van der Waals surface area contributed by atoms with Gasteiger partial charge >= 0.3 is 5.97 Å². The van der Waals surface area contributed by atoms with Gasteiger partial charge in [-0.15, -0.1) is 0 Å². The van der Waals surface area contributed by atoms with E-state index in [9.17, 15) is 4.79 Å². The Morgan fingerprint density at radius 3 is 2.59 bits per heavy atom. The van der Waals surface area contributed by atoms with Gasteiger partial charge in [0.1, 0.15) is 0 Å². The molecule has 0 saturated carbocycles. The maximum Gasteiger partial charge on any atom is 0.317 e.